The molecule has 1 N–H and O–H groups in total. The van der Waals surface area contributed by atoms with Crippen LogP contribution in [0.25, 0.3) is 0 Å². The fraction of sp³-hybridized carbons (Fsp3) is 0.562. The van der Waals surface area contributed by atoms with Gasteiger partial charge in [0.05, 0.1) is 12.5 Å². The minimum absolute atomic E-state index is 0.184. The van der Waals surface area contributed by atoms with Crippen molar-refractivity contribution in [3.8, 4) is 6.07 Å². The van der Waals surface area contributed by atoms with Crippen molar-refractivity contribution in [3.63, 3.8) is 0 Å². The summed E-state index contributed by atoms with van der Waals surface area (Å²) in [4.78, 5) is 0. The minimum atomic E-state index is 0.184. The Labute approximate surface area is 110 Å². The Bertz CT molecular complexity index is 393. The lowest BCUT2D eigenvalue weighted by Gasteiger charge is -2.21. The number of nitrogens with zero attached hydrogens (tertiary/aromatic N) is 1. The molecular weight excluding hydrogens is 220 g/mol. The van der Waals surface area contributed by atoms with Gasteiger partial charge in [0.15, 0.2) is 0 Å². The second-order valence-electron chi connectivity index (χ2n) is 5.40. The van der Waals surface area contributed by atoms with Gasteiger partial charge in [-0.25, -0.2) is 0 Å². The van der Waals surface area contributed by atoms with Gasteiger partial charge in [0.2, 0.25) is 0 Å². The van der Waals surface area contributed by atoms with Crippen LogP contribution in [0.15, 0.2) is 30.3 Å². The van der Waals surface area contributed by atoms with E-state index in [2.05, 4.69) is 30.4 Å². The predicted molar refractivity (Wildman–Crippen MR) is 73.9 cm³/mol. The second kappa shape index (κ2) is 6.56. The Morgan fingerprint density at radius 3 is 2.72 bits per heavy atom. The molecule has 3 atom stereocenters. The topological polar surface area (TPSA) is 35.8 Å². The first kappa shape index (κ1) is 13.1. The zero-order chi connectivity index (χ0) is 12.8. The highest BCUT2D eigenvalue weighted by molar-refractivity contribution is 5.19. The average molecular weight is 242 g/mol. The molecule has 1 saturated carbocycles. The van der Waals surface area contributed by atoms with E-state index in [1.54, 1.807) is 0 Å². The molecule has 2 nitrogen and oxygen atoms in total. The lowest BCUT2D eigenvalue weighted by Crippen LogP contribution is -2.28. The van der Waals surface area contributed by atoms with Crippen molar-refractivity contribution in [2.75, 3.05) is 6.54 Å². The SMILES string of the molecule is CC1CCCC1CNC(CC#N)c1ccccc1. The monoisotopic (exact) mass is 242 g/mol. The molecule has 18 heavy (non-hydrogen) atoms. The number of benzene rings is 1. The van der Waals surface area contributed by atoms with Crippen LogP contribution in [-0.4, -0.2) is 6.54 Å². The van der Waals surface area contributed by atoms with E-state index in [-0.39, 0.29) is 6.04 Å². The third-order valence-electron chi connectivity index (χ3n) is 4.16. The van der Waals surface area contributed by atoms with Crippen LogP contribution in [-0.2, 0) is 0 Å². The van der Waals surface area contributed by atoms with Gasteiger partial charge in [-0.15, -0.1) is 0 Å². The van der Waals surface area contributed by atoms with Gasteiger partial charge >= 0.3 is 0 Å². The summed E-state index contributed by atoms with van der Waals surface area (Å²) in [6.45, 7) is 3.39. The van der Waals surface area contributed by atoms with Crippen molar-refractivity contribution in [2.45, 2.75) is 38.6 Å². The Kier molecular flexibility index (Phi) is 4.78. The van der Waals surface area contributed by atoms with Crippen molar-refractivity contribution in [1.82, 2.24) is 5.32 Å². The number of hydrogen-bond donors (Lipinski definition) is 1. The molecule has 1 aliphatic carbocycles. The fourth-order valence-electron chi connectivity index (χ4n) is 2.90. The van der Waals surface area contributed by atoms with Crippen molar-refractivity contribution in [1.29, 1.82) is 5.26 Å². The Hall–Kier alpha value is -1.33. The summed E-state index contributed by atoms with van der Waals surface area (Å²) in [6.07, 6.45) is 4.61. The standard InChI is InChI=1S/C16H22N2/c1-13-6-5-9-15(13)12-18-16(10-11-17)14-7-3-2-4-8-14/h2-4,7-8,13,15-16,18H,5-6,9-10,12H2,1H3. The molecule has 3 unspecified atom stereocenters. The van der Waals surface area contributed by atoms with Gasteiger partial charge in [0.1, 0.15) is 0 Å². The largest absolute Gasteiger partial charge is 0.309 e. The summed E-state index contributed by atoms with van der Waals surface area (Å²) < 4.78 is 0. The van der Waals surface area contributed by atoms with Gasteiger partial charge in [-0.05, 0) is 30.4 Å². The molecule has 0 spiro atoms. The summed E-state index contributed by atoms with van der Waals surface area (Å²) in [7, 11) is 0. The predicted octanol–water partition coefficient (Wildman–Crippen LogP) is 3.67. The summed E-state index contributed by atoms with van der Waals surface area (Å²) >= 11 is 0. The smallest absolute Gasteiger partial charge is 0.0641 e. The van der Waals surface area contributed by atoms with Crippen LogP contribution in [0.3, 0.4) is 0 Å². The summed E-state index contributed by atoms with van der Waals surface area (Å²) in [5.41, 5.74) is 1.23. The maximum Gasteiger partial charge on any atom is 0.0641 e. The molecule has 2 rings (SSSR count). The zero-order valence-electron chi connectivity index (χ0n) is 11.1. The van der Waals surface area contributed by atoms with Crippen molar-refractivity contribution in [3.05, 3.63) is 35.9 Å². The summed E-state index contributed by atoms with van der Waals surface area (Å²) in [5.74, 6) is 1.62. The Morgan fingerprint density at radius 2 is 2.11 bits per heavy atom. The molecule has 0 saturated heterocycles. The van der Waals surface area contributed by atoms with Crippen LogP contribution in [0.2, 0.25) is 0 Å². The minimum Gasteiger partial charge on any atom is -0.309 e. The lowest BCUT2D eigenvalue weighted by atomic mass is 9.97. The van der Waals surface area contributed by atoms with Crippen LogP contribution >= 0.6 is 0 Å². The van der Waals surface area contributed by atoms with Gasteiger partial charge < -0.3 is 5.32 Å². The fourth-order valence-corrected chi connectivity index (χ4v) is 2.90. The van der Waals surface area contributed by atoms with Gasteiger partial charge in [-0.2, -0.15) is 5.26 Å². The maximum absolute atomic E-state index is 8.95. The molecular formula is C16H22N2. The van der Waals surface area contributed by atoms with Gasteiger partial charge in [0.25, 0.3) is 0 Å². The molecule has 0 aromatic heterocycles. The van der Waals surface area contributed by atoms with Crippen LogP contribution in [0, 0.1) is 23.2 Å². The van der Waals surface area contributed by atoms with E-state index in [9.17, 15) is 0 Å². The molecule has 96 valence electrons. The van der Waals surface area contributed by atoms with Crippen molar-refractivity contribution >= 4 is 0 Å². The summed E-state index contributed by atoms with van der Waals surface area (Å²) in [5, 5.41) is 12.5. The molecule has 1 fully saturated rings. The normalized spacial score (nSPS) is 24.7. The number of nitriles is 1. The first-order valence-electron chi connectivity index (χ1n) is 6.96. The van der Waals surface area contributed by atoms with Crippen LogP contribution in [0.1, 0.15) is 44.2 Å². The van der Waals surface area contributed by atoms with E-state index < -0.39 is 0 Å². The number of hydrogen-bond acceptors (Lipinski definition) is 2. The van der Waals surface area contributed by atoms with Crippen LogP contribution < -0.4 is 5.32 Å². The zero-order valence-corrected chi connectivity index (χ0v) is 11.1. The van der Waals surface area contributed by atoms with E-state index >= 15 is 0 Å². The molecule has 1 aliphatic rings. The number of nitrogens with one attached hydrogen (secondary N) is 1. The average Bonchev–Trinajstić information content (AvgIpc) is 2.81. The van der Waals surface area contributed by atoms with E-state index in [1.807, 2.05) is 18.2 Å². The molecule has 1 aromatic carbocycles. The highest BCUT2D eigenvalue weighted by Crippen LogP contribution is 2.31. The maximum atomic E-state index is 8.95. The van der Waals surface area contributed by atoms with E-state index in [0.717, 1.165) is 18.4 Å². The van der Waals surface area contributed by atoms with Crippen LogP contribution in [0.5, 0.6) is 0 Å². The second-order valence-corrected chi connectivity index (χ2v) is 5.40. The molecule has 0 heterocycles. The van der Waals surface area contributed by atoms with E-state index in [0.29, 0.717) is 6.42 Å². The van der Waals surface area contributed by atoms with Crippen molar-refractivity contribution < 1.29 is 0 Å². The summed E-state index contributed by atoms with van der Waals surface area (Å²) in [6, 6.07) is 12.8. The van der Waals surface area contributed by atoms with E-state index in [1.165, 1.54) is 24.8 Å². The van der Waals surface area contributed by atoms with E-state index in [4.69, 9.17) is 5.26 Å². The van der Waals surface area contributed by atoms with Gasteiger partial charge in [0, 0.05) is 6.04 Å². The highest BCUT2D eigenvalue weighted by Gasteiger charge is 2.24. The quantitative estimate of drug-likeness (QED) is 0.855. The third-order valence-corrected chi connectivity index (χ3v) is 4.16. The van der Waals surface area contributed by atoms with Crippen LogP contribution in [0.4, 0.5) is 0 Å². The molecule has 1 aromatic rings. The highest BCUT2D eigenvalue weighted by atomic mass is 14.9. The molecule has 0 radical (unpaired) electrons. The van der Waals surface area contributed by atoms with Crippen molar-refractivity contribution in [2.24, 2.45) is 11.8 Å². The Balaban J connectivity index is 1.93. The molecule has 0 bridgehead atoms. The molecule has 0 aliphatic heterocycles. The number of rotatable bonds is 5. The third kappa shape index (κ3) is 3.34. The molecule has 0 amide bonds. The van der Waals surface area contributed by atoms with Gasteiger partial charge in [-0.1, -0.05) is 50.1 Å². The first-order chi connectivity index (χ1) is 8.81. The van der Waals surface area contributed by atoms with Gasteiger partial charge in [-0.3, -0.25) is 0 Å². The lowest BCUT2D eigenvalue weighted by molar-refractivity contribution is 0.369. The first-order valence-corrected chi connectivity index (χ1v) is 6.96. The Morgan fingerprint density at radius 1 is 1.33 bits per heavy atom. The molecule has 2 heteroatoms.